The summed E-state index contributed by atoms with van der Waals surface area (Å²) in [5.74, 6) is 2.04. The van der Waals surface area contributed by atoms with Gasteiger partial charge in [-0.2, -0.15) is 0 Å². The molecular weight excluding hydrogens is 214 g/mol. The Balaban J connectivity index is 2.09. The SMILES string of the molecule is COc1c(C)cc2c(c1CC1(N)CC1)CCO2. The Bertz CT molecular complexity index is 460. The number of hydrogen-bond acceptors (Lipinski definition) is 3. The summed E-state index contributed by atoms with van der Waals surface area (Å²) < 4.78 is 11.2. The van der Waals surface area contributed by atoms with Crippen molar-refractivity contribution in [1.82, 2.24) is 0 Å². The second kappa shape index (κ2) is 3.64. The highest BCUT2D eigenvalue weighted by Gasteiger charge is 2.40. The first-order valence-electron chi connectivity index (χ1n) is 6.24. The fourth-order valence-corrected chi connectivity index (χ4v) is 2.70. The molecule has 1 aliphatic carbocycles. The van der Waals surface area contributed by atoms with E-state index < -0.39 is 0 Å². The number of fused-ring (bicyclic) bond motifs is 1. The highest BCUT2D eigenvalue weighted by atomic mass is 16.5. The van der Waals surface area contributed by atoms with Crippen LogP contribution in [0.5, 0.6) is 11.5 Å². The molecule has 3 nitrogen and oxygen atoms in total. The molecule has 2 aliphatic rings. The van der Waals surface area contributed by atoms with Crippen molar-refractivity contribution in [3.8, 4) is 11.5 Å². The lowest BCUT2D eigenvalue weighted by Crippen LogP contribution is -2.25. The van der Waals surface area contributed by atoms with Crippen LogP contribution in [0.15, 0.2) is 6.07 Å². The molecule has 0 saturated heterocycles. The van der Waals surface area contributed by atoms with Crippen LogP contribution in [-0.4, -0.2) is 19.3 Å². The molecule has 92 valence electrons. The summed E-state index contributed by atoms with van der Waals surface area (Å²) in [6, 6.07) is 2.08. The summed E-state index contributed by atoms with van der Waals surface area (Å²) in [6.45, 7) is 2.85. The normalized spacial score (nSPS) is 19.7. The average Bonchev–Trinajstić information content (AvgIpc) is 2.84. The fraction of sp³-hybridized carbons (Fsp3) is 0.571. The second-order valence-corrected chi connectivity index (χ2v) is 5.32. The zero-order chi connectivity index (χ0) is 12.0. The second-order valence-electron chi connectivity index (χ2n) is 5.32. The first-order chi connectivity index (χ1) is 8.13. The van der Waals surface area contributed by atoms with Crippen molar-refractivity contribution in [1.29, 1.82) is 0 Å². The van der Waals surface area contributed by atoms with E-state index in [9.17, 15) is 0 Å². The molecule has 1 aromatic rings. The van der Waals surface area contributed by atoms with Gasteiger partial charge in [-0.1, -0.05) is 0 Å². The summed E-state index contributed by atoms with van der Waals surface area (Å²) in [4.78, 5) is 0. The van der Waals surface area contributed by atoms with Gasteiger partial charge in [0.05, 0.1) is 13.7 Å². The Morgan fingerprint density at radius 1 is 1.47 bits per heavy atom. The molecule has 0 unspecified atom stereocenters. The van der Waals surface area contributed by atoms with E-state index in [1.807, 2.05) is 0 Å². The first-order valence-corrected chi connectivity index (χ1v) is 6.24. The number of hydrogen-bond donors (Lipinski definition) is 1. The third-order valence-corrected chi connectivity index (χ3v) is 3.88. The van der Waals surface area contributed by atoms with Crippen LogP contribution in [0.25, 0.3) is 0 Å². The molecule has 1 aromatic carbocycles. The van der Waals surface area contributed by atoms with Gasteiger partial charge in [-0.05, 0) is 37.8 Å². The van der Waals surface area contributed by atoms with E-state index in [2.05, 4.69) is 13.0 Å². The van der Waals surface area contributed by atoms with Gasteiger partial charge in [0.15, 0.2) is 0 Å². The molecule has 1 heterocycles. The fourth-order valence-electron chi connectivity index (χ4n) is 2.70. The maximum Gasteiger partial charge on any atom is 0.125 e. The zero-order valence-corrected chi connectivity index (χ0v) is 10.5. The Hall–Kier alpha value is -1.22. The van der Waals surface area contributed by atoms with Crippen molar-refractivity contribution in [3.63, 3.8) is 0 Å². The number of methoxy groups -OCH3 is 1. The van der Waals surface area contributed by atoms with Crippen LogP contribution in [0.2, 0.25) is 0 Å². The molecule has 3 rings (SSSR count). The van der Waals surface area contributed by atoms with Crippen LogP contribution in [0.1, 0.15) is 29.5 Å². The van der Waals surface area contributed by atoms with Crippen molar-refractivity contribution in [2.24, 2.45) is 5.73 Å². The van der Waals surface area contributed by atoms with Crippen LogP contribution in [0, 0.1) is 6.92 Å². The summed E-state index contributed by atoms with van der Waals surface area (Å²) in [6.07, 6.45) is 4.15. The van der Waals surface area contributed by atoms with Gasteiger partial charge in [0.1, 0.15) is 11.5 Å². The summed E-state index contributed by atoms with van der Waals surface area (Å²) >= 11 is 0. The Labute approximate surface area is 102 Å². The largest absolute Gasteiger partial charge is 0.496 e. The van der Waals surface area contributed by atoms with E-state index in [1.165, 1.54) is 11.1 Å². The third-order valence-electron chi connectivity index (χ3n) is 3.88. The third kappa shape index (κ3) is 1.78. The maximum absolute atomic E-state index is 6.25. The molecule has 0 amide bonds. The van der Waals surface area contributed by atoms with Gasteiger partial charge < -0.3 is 15.2 Å². The van der Waals surface area contributed by atoms with Gasteiger partial charge in [-0.3, -0.25) is 0 Å². The molecular formula is C14H19NO2. The predicted octanol–water partition coefficient (Wildman–Crippen LogP) is 1.97. The number of rotatable bonds is 3. The van der Waals surface area contributed by atoms with Crippen molar-refractivity contribution in [2.75, 3.05) is 13.7 Å². The Morgan fingerprint density at radius 3 is 2.88 bits per heavy atom. The van der Waals surface area contributed by atoms with Crippen LogP contribution in [-0.2, 0) is 12.8 Å². The quantitative estimate of drug-likeness (QED) is 0.868. The minimum absolute atomic E-state index is 0.0113. The molecule has 2 N–H and O–H groups in total. The van der Waals surface area contributed by atoms with E-state index >= 15 is 0 Å². The zero-order valence-electron chi connectivity index (χ0n) is 10.5. The van der Waals surface area contributed by atoms with Gasteiger partial charge in [0, 0.05) is 23.1 Å². The van der Waals surface area contributed by atoms with Crippen molar-refractivity contribution in [2.45, 2.75) is 38.1 Å². The van der Waals surface area contributed by atoms with Gasteiger partial charge in [-0.25, -0.2) is 0 Å². The highest BCUT2D eigenvalue weighted by Crippen LogP contribution is 2.43. The van der Waals surface area contributed by atoms with E-state index in [0.29, 0.717) is 0 Å². The molecule has 17 heavy (non-hydrogen) atoms. The molecule has 1 saturated carbocycles. The number of nitrogens with two attached hydrogens (primary N) is 1. The van der Waals surface area contributed by atoms with Crippen LogP contribution >= 0.6 is 0 Å². The molecule has 0 atom stereocenters. The van der Waals surface area contributed by atoms with Crippen molar-refractivity contribution >= 4 is 0 Å². The van der Waals surface area contributed by atoms with Crippen molar-refractivity contribution in [3.05, 3.63) is 22.8 Å². The van der Waals surface area contributed by atoms with Gasteiger partial charge in [-0.15, -0.1) is 0 Å². The average molecular weight is 233 g/mol. The number of benzene rings is 1. The van der Waals surface area contributed by atoms with E-state index in [1.54, 1.807) is 7.11 Å². The predicted molar refractivity (Wildman–Crippen MR) is 66.8 cm³/mol. The molecule has 1 aliphatic heterocycles. The Morgan fingerprint density at radius 2 is 2.24 bits per heavy atom. The molecule has 0 radical (unpaired) electrons. The lowest BCUT2D eigenvalue weighted by molar-refractivity contribution is 0.356. The van der Waals surface area contributed by atoms with Crippen LogP contribution < -0.4 is 15.2 Å². The van der Waals surface area contributed by atoms with Gasteiger partial charge in [0.2, 0.25) is 0 Å². The lowest BCUT2D eigenvalue weighted by Gasteiger charge is -2.18. The summed E-state index contributed by atoms with van der Waals surface area (Å²) in [5, 5.41) is 0. The van der Waals surface area contributed by atoms with E-state index in [-0.39, 0.29) is 5.54 Å². The first kappa shape index (κ1) is 10.9. The molecule has 0 spiro atoms. The van der Waals surface area contributed by atoms with Gasteiger partial charge >= 0.3 is 0 Å². The monoisotopic (exact) mass is 233 g/mol. The molecule has 3 heteroatoms. The maximum atomic E-state index is 6.25. The minimum Gasteiger partial charge on any atom is -0.496 e. The lowest BCUT2D eigenvalue weighted by atomic mass is 9.94. The summed E-state index contributed by atoms with van der Waals surface area (Å²) in [5.41, 5.74) is 9.99. The summed E-state index contributed by atoms with van der Waals surface area (Å²) in [7, 11) is 1.74. The van der Waals surface area contributed by atoms with E-state index in [0.717, 1.165) is 49.4 Å². The van der Waals surface area contributed by atoms with Crippen LogP contribution in [0.4, 0.5) is 0 Å². The molecule has 0 bridgehead atoms. The number of aryl methyl sites for hydroxylation is 1. The van der Waals surface area contributed by atoms with Crippen LogP contribution in [0.3, 0.4) is 0 Å². The number of ether oxygens (including phenoxy) is 2. The Kier molecular flexibility index (Phi) is 2.33. The smallest absolute Gasteiger partial charge is 0.125 e. The molecule has 1 fully saturated rings. The highest BCUT2D eigenvalue weighted by molar-refractivity contribution is 5.55. The van der Waals surface area contributed by atoms with Crippen molar-refractivity contribution < 1.29 is 9.47 Å². The standard InChI is InChI=1S/C14H19NO2/c1-9-7-12-10(3-6-17-12)11(13(9)16-2)8-14(15)4-5-14/h7H,3-6,8,15H2,1-2H3. The molecule has 0 aromatic heterocycles. The minimum atomic E-state index is 0.0113. The topological polar surface area (TPSA) is 44.5 Å². The van der Waals surface area contributed by atoms with E-state index in [4.69, 9.17) is 15.2 Å². The van der Waals surface area contributed by atoms with Gasteiger partial charge in [0.25, 0.3) is 0 Å².